The maximum Gasteiger partial charge on any atom is 0.191 e. The number of hydrogen-bond donors (Lipinski definition) is 2. The molecule has 0 radical (unpaired) electrons. The lowest BCUT2D eigenvalue weighted by Gasteiger charge is -2.19. The van der Waals surface area contributed by atoms with Gasteiger partial charge in [0, 0.05) is 52.6 Å². The second-order valence-corrected chi connectivity index (χ2v) is 7.43. The van der Waals surface area contributed by atoms with Crippen molar-refractivity contribution in [3.63, 3.8) is 0 Å². The number of nitrogens with one attached hydrogen (secondary N) is 2. The molecule has 1 aliphatic heterocycles. The molecular formula is C24H34N4O2. The maximum atomic E-state index is 5.47. The molecule has 162 valence electrons. The van der Waals surface area contributed by atoms with Crippen LogP contribution in [0.5, 0.6) is 0 Å². The van der Waals surface area contributed by atoms with Gasteiger partial charge in [0.05, 0.1) is 13.2 Å². The summed E-state index contributed by atoms with van der Waals surface area (Å²) in [6.07, 6.45) is 2.07. The predicted molar refractivity (Wildman–Crippen MR) is 123 cm³/mol. The molecule has 0 amide bonds. The summed E-state index contributed by atoms with van der Waals surface area (Å²) in [5, 5.41) is 6.69. The van der Waals surface area contributed by atoms with Crippen molar-refractivity contribution < 1.29 is 9.47 Å². The molecule has 0 fully saturated rings. The van der Waals surface area contributed by atoms with Crippen LogP contribution in [-0.2, 0) is 29.0 Å². The Hall–Kier alpha value is -2.57. The number of para-hydroxylation sites is 1. The zero-order valence-corrected chi connectivity index (χ0v) is 18.2. The van der Waals surface area contributed by atoms with Gasteiger partial charge in [-0.15, -0.1) is 0 Å². The molecule has 0 spiro atoms. The lowest BCUT2D eigenvalue weighted by molar-refractivity contribution is 0.0698. The second kappa shape index (κ2) is 12.2. The van der Waals surface area contributed by atoms with E-state index in [9.17, 15) is 0 Å². The van der Waals surface area contributed by atoms with E-state index in [4.69, 9.17) is 9.47 Å². The number of guanidine groups is 1. The number of methoxy groups -OCH3 is 1. The van der Waals surface area contributed by atoms with E-state index in [0.29, 0.717) is 13.2 Å². The third kappa shape index (κ3) is 6.75. The zero-order valence-electron chi connectivity index (χ0n) is 18.2. The first kappa shape index (κ1) is 22.1. The first-order valence-electron chi connectivity index (χ1n) is 10.7. The van der Waals surface area contributed by atoms with Crippen LogP contribution in [0.2, 0.25) is 0 Å². The fourth-order valence-corrected chi connectivity index (χ4v) is 3.59. The molecule has 0 saturated heterocycles. The topological polar surface area (TPSA) is 58.1 Å². The van der Waals surface area contributed by atoms with E-state index in [-0.39, 0.29) is 0 Å². The van der Waals surface area contributed by atoms with Crippen LogP contribution in [0.3, 0.4) is 0 Å². The fourth-order valence-electron chi connectivity index (χ4n) is 3.59. The highest BCUT2D eigenvalue weighted by Gasteiger charge is 2.18. The van der Waals surface area contributed by atoms with Gasteiger partial charge < -0.3 is 25.0 Å². The Bertz CT molecular complexity index is 792. The van der Waals surface area contributed by atoms with Crippen molar-refractivity contribution in [3.05, 3.63) is 65.2 Å². The Morgan fingerprint density at radius 1 is 1.00 bits per heavy atom. The Morgan fingerprint density at radius 2 is 1.80 bits per heavy atom. The van der Waals surface area contributed by atoms with Gasteiger partial charge >= 0.3 is 0 Å². The first-order valence-corrected chi connectivity index (χ1v) is 10.7. The van der Waals surface area contributed by atoms with Gasteiger partial charge in [-0.3, -0.25) is 4.99 Å². The minimum Gasteiger partial charge on any atom is -0.382 e. The predicted octanol–water partition coefficient (Wildman–Crippen LogP) is 2.97. The largest absolute Gasteiger partial charge is 0.382 e. The van der Waals surface area contributed by atoms with Crippen LogP contribution in [0.15, 0.2) is 53.5 Å². The molecule has 6 nitrogen and oxygen atoms in total. The van der Waals surface area contributed by atoms with E-state index in [1.165, 1.54) is 22.4 Å². The molecule has 0 bridgehead atoms. The summed E-state index contributed by atoms with van der Waals surface area (Å²) >= 11 is 0. The van der Waals surface area contributed by atoms with Gasteiger partial charge in [0.25, 0.3) is 0 Å². The standard InChI is InChI=1S/C24H34N4O2/c1-25-24(26-13-5-15-30-17-16-29-2)27-18-20-8-10-21(11-9-20)19-28-14-12-22-6-3-4-7-23(22)28/h3-4,6-11H,5,12-19H2,1-2H3,(H2,25,26,27). The molecule has 2 aromatic carbocycles. The number of nitrogens with zero attached hydrogens (tertiary/aromatic N) is 2. The van der Waals surface area contributed by atoms with Crippen molar-refractivity contribution in [1.29, 1.82) is 0 Å². The zero-order chi connectivity index (χ0) is 21.0. The minimum absolute atomic E-state index is 0.640. The maximum absolute atomic E-state index is 5.47. The minimum atomic E-state index is 0.640. The Morgan fingerprint density at radius 3 is 2.60 bits per heavy atom. The highest BCUT2D eigenvalue weighted by atomic mass is 16.5. The number of rotatable bonds is 11. The van der Waals surface area contributed by atoms with Crippen LogP contribution < -0.4 is 15.5 Å². The third-order valence-corrected chi connectivity index (χ3v) is 5.25. The summed E-state index contributed by atoms with van der Waals surface area (Å²) < 4.78 is 10.4. The molecule has 0 aromatic heterocycles. The van der Waals surface area contributed by atoms with Crippen LogP contribution in [0.1, 0.15) is 23.1 Å². The number of fused-ring (bicyclic) bond motifs is 1. The molecule has 2 N–H and O–H groups in total. The number of ether oxygens (including phenoxy) is 2. The normalized spacial score (nSPS) is 13.4. The van der Waals surface area contributed by atoms with Crippen molar-refractivity contribution in [2.24, 2.45) is 4.99 Å². The first-order chi connectivity index (χ1) is 14.8. The van der Waals surface area contributed by atoms with Crippen molar-refractivity contribution in [2.75, 3.05) is 52.0 Å². The summed E-state index contributed by atoms with van der Waals surface area (Å²) in [7, 11) is 3.47. The molecule has 0 atom stereocenters. The molecule has 3 rings (SSSR count). The average molecular weight is 411 g/mol. The van der Waals surface area contributed by atoms with E-state index in [1.54, 1.807) is 14.2 Å². The van der Waals surface area contributed by atoms with E-state index in [2.05, 4.69) is 69.1 Å². The van der Waals surface area contributed by atoms with Gasteiger partial charge in [0.2, 0.25) is 0 Å². The molecular weight excluding hydrogens is 376 g/mol. The highest BCUT2D eigenvalue weighted by molar-refractivity contribution is 5.79. The van der Waals surface area contributed by atoms with E-state index < -0.39 is 0 Å². The Kier molecular flexibility index (Phi) is 9.00. The molecule has 0 saturated carbocycles. The Balaban J connectivity index is 1.38. The fraction of sp³-hybridized carbons (Fsp3) is 0.458. The highest BCUT2D eigenvalue weighted by Crippen LogP contribution is 2.28. The summed E-state index contributed by atoms with van der Waals surface area (Å²) in [5.41, 5.74) is 5.42. The van der Waals surface area contributed by atoms with E-state index >= 15 is 0 Å². The second-order valence-electron chi connectivity index (χ2n) is 7.43. The quantitative estimate of drug-likeness (QED) is 0.339. The van der Waals surface area contributed by atoms with Crippen LogP contribution >= 0.6 is 0 Å². The molecule has 1 heterocycles. The molecule has 1 aliphatic rings. The van der Waals surface area contributed by atoms with E-state index in [1.807, 2.05) is 0 Å². The van der Waals surface area contributed by atoms with Crippen LogP contribution in [0.25, 0.3) is 0 Å². The van der Waals surface area contributed by atoms with Crippen molar-refractivity contribution >= 4 is 11.6 Å². The lowest BCUT2D eigenvalue weighted by atomic mass is 10.1. The van der Waals surface area contributed by atoms with Gasteiger partial charge in [-0.25, -0.2) is 0 Å². The van der Waals surface area contributed by atoms with Crippen molar-refractivity contribution in [1.82, 2.24) is 10.6 Å². The number of aliphatic imine (C=N–C) groups is 1. The monoisotopic (exact) mass is 410 g/mol. The Labute approximate surface area is 180 Å². The van der Waals surface area contributed by atoms with Gasteiger partial charge in [-0.1, -0.05) is 42.5 Å². The molecule has 0 unspecified atom stereocenters. The lowest BCUT2D eigenvalue weighted by Crippen LogP contribution is -2.37. The molecule has 0 aliphatic carbocycles. The van der Waals surface area contributed by atoms with E-state index in [0.717, 1.165) is 51.6 Å². The van der Waals surface area contributed by atoms with Gasteiger partial charge in [-0.05, 0) is 35.6 Å². The van der Waals surface area contributed by atoms with Crippen molar-refractivity contribution in [3.8, 4) is 0 Å². The number of hydrogen-bond acceptors (Lipinski definition) is 4. The third-order valence-electron chi connectivity index (χ3n) is 5.25. The summed E-state index contributed by atoms with van der Waals surface area (Å²) in [4.78, 5) is 6.75. The summed E-state index contributed by atoms with van der Waals surface area (Å²) in [6, 6.07) is 17.6. The smallest absolute Gasteiger partial charge is 0.191 e. The summed E-state index contributed by atoms with van der Waals surface area (Å²) in [5.74, 6) is 0.810. The van der Waals surface area contributed by atoms with Crippen LogP contribution in [-0.4, -0.2) is 53.0 Å². The van der Waals surface area contributed by atoms with Crippen LogP contribution in [0.4, 0.5) is 5.69 Å². The number of benzene rings is 2. The number of anilines is 1. The van der Waals surface area contributed by atoms with Gasteiger partial charge in [0.1, 0.15) is 0 Å². The van der Waals surface area contributed by atoms with Gasteiger partial charge in [0.15, 0.2) is 5.96 Å². The molecule has 6 heteroatoms. The van der Waals surface area contributed by atoms with Gasteiger partial charge in [-0.2, -0.15) is 0 Å². The molecule has 2 aromatic rings. The summed E-state index contributed by atoms with van der Waals surface area (Å²) in [6.45, 7) is 5.63. The van der Waals surface area contributed by atoms with Crippen molar-refractivity contribution in [2.45, 2.75) is 25.9 Å². The SMILES string of the molecule is CN=C(NCCCOCCOC)NCc1ccc(CN2CCc3ccccc32)cc1. The average Bonchev–Trinajstić information content (AvgIpc) is 3.19. The van der Waals surface area contributed by atoms with Crippen LogP contribution in [0, 0.1) is 0 Å². The molecule has 30 heavy (non-hydrogen) atoms.